The average molecular weight is 419 g/mol. The lowest BCUT2D eigenvalue weighted by Crippen LogP contribution is -2.29. The number of benzene rings is 3. The number of aromatic nitrogens is 1. The molecule has 0 radical (unpaired) electrons. The van der Waals surface area contributed by atoms with Crippen molar-refractivity contribution in [1.82, 2.24) is 4.98 Å². The van der Waals surface area contributed by atoms with Gasteiger partial charge in [0, 0.05) is 28.4 Å². The first-order valence-corrected chi connectivity index (χ1v) is 10.2. The molecular formula is C27H21N3O2. The molecule has 5 rings (SSSR count). The summed E-state index contributed by atoms with van der Waals surface area (Å²) in [6, 6.07) is 31.4. The quantitative estimate of drug-likeness (QED) is 0.446. The fourth-order valence-electron chi connectivity index (χ4n) is 4.05. The molecule has 5 heteroatoms. The van der Waals surface area contributed by atoms with Crippen molar-refractivity contribution in [2.45, 2.75) is 5.92 Å². The summed E-state index contributed by atoms with van der Waals surface area (Å²) in [5.74, 6) is -0.430. The van der Waals surface area contributed by atoms with Crippen LogP contribution in [-0.4, -0.2) is 22.8 Å². The molecule has 32 heavy (non-hydrogen) atoms. The van der Waals surface area contributed by atoms with Crippen LogP contribution in [0.25, 0.3) is 16.5 Å². The van der Waals surface area contributed by atoms with Gasteiger partial charge in [0.05, 0.1) is 23.8 Å². The molecule has 5 nitrogen and oxygen atoms in total. The van der Waals surface area contributed by atoms with E-state index in [-0.39, 0.29) is 17.8 Å². The van der Waals surface area contributed by atoms with Crippen LogP contribution in [0.2, 0.25) is 0 Å². The van der Waals surface area contributed by atoms with Crippen molar-refractivity contribution in [1.29, 1.82) is 5.26 Å². The molecule has 1 aromatic heterocycles. The van der Waals surface area contributed by atoms with Crippen LogP contribution in [0.4, 0.5) is 5.69 Å². The Morgan fingerprint density at radius 3 is 2.44 bits per heavy atom. The molecule has 1 aliphatic rings. The number of ketones is 1. The van der Waals surface area contributed by atoms with Crippen LogP contribution in [0.5, 0.6) is 0 Å². The van der Waals surface area contributed by atoms with E-state index in [1.54, 1.807) is 0 Å². The van der Waals surface area contributed by atoms with Gasteiger partial charge in [-0.1, -0.05) is 72.8 Å². The number of carbonyl (C=O) groups is 1. The molecule has 2 heterocycles. The van der Waals surface area contributed by atoms with Crippen LogP contribution in [0.3, 0.4) is 0 Å². The summed E-state index contributed by atoms with van der Waals surface area (Å²) < 4.78 is 0. The van der Waals surface area contributed by atoms with Crippen molar-refractivity contribution >= 4 is 27.9 Å². The van der Waals surface area contributed by atoms with Gasteiger partial charge in [-0.25, -0.2) is 4.98 Å². The largest absolute Gasteiger partial charge is 0.412 e. The van der Waals surface area contributed by atoms with Crippen LogP contribution in [-0.2, 0) is 0 Å². The molecule has 3 aromatic carbocycles. The Labute approximate surface area is 186 Å². The molecule has 0 saturated heterocycles. The number of nitrogens with zero attached hydrogens (tertiary/aromatic N) is 3. The van der Waals surface area contributed by atoms with Crippen LogP contribution in [0.1, 0.15) is 27.5 Å². The molecule has 156 valence electrons. The van der Waals surface area contributed by atoms with Crippen molar-refractivity contribution in [2.24, 2.45) is 0 Å². The zero-order valence-corrected chi connectivity index (χ0v) is 17.3. The van der Waals surface area contributed by atoms with Gasteiger partial charge in [-0.15, -0.1) is 0 Å². The van der Waals surface area contributed by atoms with E-state index in [0.29, 0.717) is 5.56 Å². The fraction of sp³-hybridized carbons (Fsp3) is 0.0741. The maximum Gasteiger partial charge on any atom is 0.182 e. The van der Waals surface area contributed by atoms with Crippen molar-refractivity contribution in [3.8, 4) is 6.07 Å². The maximum absolute atomic E-state index is 12.9. The second kappa shape index (κ2) is 8.84. The Morgan fingerprint density at radius 2 is 1.62 bits per heavy atom. The van der Waals surface area contributed by atoms with E-state index in [1.165, 1.54) is 0 Å². The highest BCUT2D eigenvalue weighted by molar-refractivity contribution is 6.00. The maximum atomic E-state index is 12.9. The van der Waals surface area contributed by atoms with E-state index < -0.39 is 5.92 Å². The summed E-state index contributed by atoms with van der Waals surface area (Å²) in [6.07, 6.45) is 1.91. The Bertz CT molecular complexity index is 1360. The average Bonchev–Trinajstić information content (AvgIpc) is 2.84. The number of rotatable bonds is 4. The number of allylic oxidation sites excluding steroid dienone is 1. The minimum atomic E-state index is -0.451. The fourth-order valence-corrected chi connectivity index (χ4v) is 4.05. The summed E-state index contributed by atoms with van der Waals surface area (Å²) >= 11 is 0. The topological polar surface area (TPSA) is 88.5 Å². The summed E-state index contributed by atoms with van der Waals surface area (Å²) in [6.45, 7) is 0.191. The van der Waals surface area contributed by atoms with E-state index in [2.05, 4.69) is 6.07 Å². The van der Waals surface area contributed by atoms with Crippen LogP contribution >= 0.6 is 0 Å². The van der Waals surface area contributed by atoms with Crippen LogP contribution in [0, 0.1) is 11.3 Å². The summed E-state index contributed by atoms with van der Waals surface area (Å²) in [4.78, 5) is 19.7. The van der Waals surface area contributed by atoms with Gasteiger partial charge >= 0.3 is 0 Å². The highest BCUT2D eigenvalue weighted by Crippen LogP contribution is 2.41. The number of pyridine rings is 1. The molecule has 1 unspecified atom stereocenters. The van der Waals surface area contributed by atoms with Gasteiger partial charge in [-0.3, -0.25) is 4.79 Å². The molecule has 0 amide bonds. The second-order valence-corrected chi connectivity index (χ2v) is 7.51. The standard InChI is InChI=1S/C27H19N3O.H2O/c28-16-22-21-11-5-7-13-26(21)30(18-27(31)20-9-2-1-3-10-20)17-23(22)25-15-14-19-8-4-6-12-24(19)29-25;/h1-15,17,22H,18H2;1H2. The Hall–Kier alpha value is -4.27. The number of fused-ring (bicyclic) bond motifs is 2. The van der Waals surface area contributed by atoms with Crippen LogP contribution < -0.4 is 4.90 Å². The minimum Gasteiger partial charge on any atom is -0.412 e. The predicted molar refractivity (Wildman–Crippen MR) is 126 cm³/mol. The third-order valence-electron chi connectivity index (χ3n) is 5.60. The summed E-state index contributed by atoms with van der Waals surface area (Å²) in [5, 5.41) is 11.1. The molecular weight excluding hydrogens is 398 g/mol. The SMILES string of the molecule is N#CC1C(c2ccc3ccccc3n2)=CN(CC(=O)c2ccccc2)c2ccccc21.O. The zero-order chi connectivity index (χ0) is 21.2. The Balaban J connectivity index is 0.00000245. The number of nitriles is 1. The molecule has 0 saturated carbocycles. The molecule has 4 aromatic rings. The molecule has 0 spiro atoms. The molecule has 0 aliphatic carbocycles. The van der Waals surface area contributed by atoms with E-state index in [9.17, 15) is 10.1 Å². The second-order valence-electron chi connectivity index (χ2n) is 7.51. The lowest BCUT2D eigenvalue weighted by molar-refractivity contribution is 0.100. The first-order chi connectivity index (χ1) is 15.2. The highest BCUT2D eigenvalue weighted by Gasteiger charge is 2.29. The molecule has 1 atom stereocenters. The number of Topliss-reactive ketones (excluding diaryl/α,β-unsaturated/α-hetero) is 1. The lowest BCUT2D eigenvalue weighted by atomic mass is 9.86. The van der Waals surface area contributed by atoms with Gasteiger partial charge < -0.3 is 10.4 Å². The van der Waals surface area contributed by atoms with E-state index in [4.69, 9.17) is 4.98 Å². The molecule has 2 N–H and O–H groups in total. The molecule has 0 fully saturated rings. The number of para-hydroxylation sites is 2. The van der Waals surface area contributed by atoms with Gasteiger partial charge in [0.2, 0.25) is 0 Å². The minimum absolute atomic E-state index is 0. The van der Waals surface area contributed by atoms with Gasteiger partial charge in [0.25, 0.3) is 0 Å². The smallest absolute Gasteiger partial charge is 0.182 e. The highest BCUT2D eigenvalue weighted by atomic mass is 16.1. The van der Waals surface area contributed by atoms with Gasteiger partial charge in [-0.2, -0.15) is 5.26 Å². The van der Waals surface area contributed by atoms with E-state index >= 15 is 0 Å². The third-order valence-corrected chi connectivity index (χ3v) is 5.60. The van der Waals surface area contributed by atoms with Gasteiger partial charge in [0.1, 0.15) is 5.92 Å². The Morgan fingerprint density at radius 1 is 0.906 bits per heavy atom. The molecule has 0 bridgehead atoms. The van der Waals surface area contributed by atoms with Crippen molar-refractivity contribution < 1.29 is 10.3 Å². The number of hydrogen-bond donors (Lipinski definition) is 0. The first-order valence-electron chi connectivity index (χ1n) is 10.2. The van der Waals surface area contributed by atoms with E-state index in [1.807, 2.05) is 102 Å². The number of anilines is 1. The third kappa shape index (κ3) is 3.76. The van der Waals surface area contributed by atoms with Gasteiger partial charge in [0.15, 0.2) is 5.78 Å². The predicted octanol–water partition coefficient (Wildman–Crippen LogP) is 4.76. The first kappa shape index (κ1) is 21.0. The normalized spacial score (nSPS) is 14.7. The number of carbonyl (C=O) groups excluding carboxylic acids is 1. The van der Waals surface area contributed by atoms with Crippen molar-refractivity contribution in [3.63, 3.8) is 0 Å². The zero-order valence-electron chi connectivity index (χ0n) is 17.3. The summed E-state index contributed by atoms with van der Waals surface area (Å²) in [5.41, 5.74) is 4.86. The molecule has 1 aliphatic heterocycles. The lowest BCUT2D eigenvalue weighted by Gasteiger charge is -2.31. The van der Waals surface area contributed by atoms with Crippen molar-refractivity contribution in [2.75, 3.05) is 11.4 Å². The Kier molecular flexibility index (Phi) is 5.80. The van der Waals surface area contributed by atoms with E-state index in [0.717, 1.165) is 33.4 Å². The number of hydrogen-bond acceptors (Lipinski definition) is 4. The summed E-state index contributed by atoms with van der Waals surface area (Å²) in [7, 11) is 0. The van der Waals surface area contributed by atoms with Crippen LogP contribution in [0.15, 0.2) is 97.2 Å². The van der Waals surface area contributed by atoms with Gasteiger partial charge in [-0.05, 0) is 23.8 Å². The van der Waals surface area contributed by atoms with Crippen molar-refractivity contribution in [3.05, 3.63) is 114 Å². The monoisotopic (exact) mass is 419 g/mol.